The van der Waals surface area contributed by atoms with Crippen LogP contribution in [0.5, 0.6) is 0 Å². The third kappa shape index (κ3) is 5.58. The topological polar surface area (TPSA) is 159 Å². The van der Waals surface area contributed by atoms with Crippen molar-refractivity contribution in [2.45, 2.75) is 77.2 Å². The largest absolute Gasteiger partial charge is 0.416 e. The highest BCUT2D eigenvalue weighted by molar-refractivity contribution is 7.92. The molecular formula is C27H37F3N6O3S. The molecule has 1 spiro atoms. The lowest BCUT2D eigenvalue weighted by Gasteiger charge is -2.49. The molecule has 1 aliphatic carbocycles. The highest BCUT2D eigenvalue weighted by Crippen LogP contribution is 2.49. The molecule has 2 fully saturated rings. The summed E-state index contributed by atoms with van der Waals surface area (Å²) in [6.45, 7) is 6.61. The number of sulfone groups is 1. The lowest BCUT2D eigenvalue weighted by atomic mass is 9.68. The maximum Gasteiger partial charge on any atom is 0.416 e. The van der Waals surface area contributed by atoms with Gasteiger partial charge in [0.05, 0.1) is 34.2 Å². The van der Waals surface area contributed by atoms with Crippen LogP contribution < -0.4 is 28.2 Å². The molecular weight excluding hydrogens is 545 g/mol. The van der Waals surface area contributed by atoms with E-state index in [9.17, 15) is 26.4 Å². The van der Waals surface area contributed by atoms with E-state index >= 15 is 0 Å². The average Bonchev–Trinajstić information content (AvgIpc) is 2.81. The van der Waals surface area contributed by atoms with Gasteiger partial charge < -0.3 is 22.5 Å². The quantitative estimate of drug-likeness (QED) is 0.399. The first-order chi connectivity index (χ1) is 18.4. The van der Waals surface area contributed by atoms with E-state index in [-0.39, 0.29) is 40.2 Å². The molecule has 40 heavy (non-hydrogen) atoms. The Balaban J connectivity index is 1.71. The van der Waals surface area contributed by atoms with Crippen LogP contribution >= 0.6 is 0 Å². The lowest BCUT2D eigenvalue weighted by molar-refractivity contribution is -0.138. The fraction of sp³-hybridized carbons (Fsp3) is 0.556. The van der Waals surface area contributed by atoms with Crippen molar-refractivity contribution in [1.82, 2.24) is 9.55 Å². The van der Waals surface area contributed by atoms with E-state index in [2.05, 4.69) is 10.3 Å². The summed E-state index contributed by atoms with van der Waals surface area (Å²) in [5.74, 6) is 0.496. The van der Waals surface area contributed by atoms with Crippen LogP contribution in [-0.4, -0.2) is 35.0 Å². The standard InChI is InChI=1S/C27H37F3N6O3S/c1-15(2)36-22(32)19(12-21(31)26(33)10-8-25(9-11-26)13-40(38,39)14-25)23(35-24(36)37)34-17(4)18-6-5-7-20(16(18)3)27(28,29)30/h5-7,12,15,17H,8-11,13-14,31-33H2,1-4H3,(H,34,35,37)/b21-12-/t17-/m1/s1. The molecule has 2 aliphatic rings. The van der Waals surface area contributed by atoms with Gasteiger partial charge in [-0.3, -0.25) is 4.57 Å². The molecule has 220 valence electrons. The number of halogens is 3. The van der Waals surface area contributed by atoms with Crippen molar-refractivity contribution < 1.29 is 21.6 Å². The third-order valence-electron chi connectivity index (χ3n) is 8.35. The summed E-state index contributed by atoms with van der Waals surface area (Å²) in [5.41, 5.74) is 18.2. The number of benzene rings is 1. The number of nitrogen functional groups attached to an aromatic ring is 1. The van der Waals surface area contributed by atoms with E-state index in [4.69, 9.17) is 17.2 Å². The van der Waals surface area contributed by atoms with Crippen LogP contribution in [0.1, 0.15) is 80.8 Å². The third-order valence-corrected chi connectivity index (χ3v) is 10.5. The second kappa shape index (κ2) is 10.1. The Morgan fingerprint density at radius 1 is 1.15 bits per heavy atom. The van der Waals surface area contributed by atoms with Crippen LogP contribution in [0.15, 0.2) is 28.7 Å². The Bertz CT molecular complexity index is 1490. The van der Waals surface area contributed by atoms with E-state index in [0.29, 0.717) is 42.5 Å². The molecule has 1 aliphatic heterocycles. The summed E-state index contributed by atoms with van der Waals surface area (Å²) in [5, 5.41) is 3.08. The summed E-state index contributed by atoms with van der Waals surface area (Å²) in [4.78, 5) is 17.1. The summed E-state index contributed by atoms with van der Waals surface area (Å²) in [6.07, 6.45) is -0.749. The molecule has 2 heterocycles. The van der Waals surface area contributed by atoms with Crippen LogP contribution in [0.2, 0.25) is 0 Å². The van der Waals surface area contributed by atoms with E-state index in [1.807, 2.05) is 0 Å². The van der Waals surface area contributed by atoms with Crippen molar-refractivity contribution in [3.05, 3.63) is 56.6 Å². The minimum Gasteiger partial charge on any atom is -0.401 e. The molecule has 2 aromatic rings. The number of hydrogen-bond acceptors (Lipinski definition) is 8. The number of alkyl halides is 3. The predicted molar refractivity (Wildman–Crippen MR) is 150 cm³/mol. The predicted octanol–water partition coefficient (Wildman–Crippen LogP) is 3.89. The molecule has 0 radical (unpaired) electrons. The zero-order chi connectivity index (χ0) is 29.8. The highest BCUT2D eigenvalue weighted by Gasteiger charge is 2.52. The second-order valence-corrected chi connectivity index (χ2v) is 13.7. The Labute approximate surface area is 231 Å². The average molecular weight is 583 g/mol. The zero-order valence-electron chi connectivity index (χ0n) is 23.1. The number of nitrogens with zero attached hydrogens (tertiary/aromatic N) is 2. The molecule has 0 unspecified atom stereocenters. The lowest BCUT2D eigenvalue weighted by Crippen LogP contribution is -2.57. The van der Waals surface area contributed by atoms with Crippen molar-refractivity contribution in [1.29, 1.82) is 0 Å². The monoisotopic (exact) mass is 582 g/mol. The fourth-order valence-corrected chi connectivity index (χ4v) is 8.38. The zero-order valence-corrected chi connectivity index (χ0v) is 23.9. The Hall–Kier alpha value is -3.06. The van der Waals surface area contributed by atoms with Crippen molar-refractivity contribution in [2.75, 3.05) is 22.6 Å². The highest BCUT2D eigenvalue weighted by atomic mass is 32.2. The first-order valence-corrected chi connectivity index (χ1v) is 15.0. The van der Waals surface area contributed by atoms with Gasteiger partial charge in [0.25, 0.3) is 0 Å². The summed E-state index contributed by atoms with van der Waals surface area (Å²) < 4.78 is 65.4. The van der Waals surface area contributed by atoms with Crippen molar-refractivity contribution >= 4 is 27.5 Å². The Morgan fingerprint density at radius 2 is 1.75 bits per heavy atom. The van der Waals surface area contributed by atoms with Gasteiger partial charge in [-0.1, -0.05) is 12.1 Å². The van der Waals surface area contributed by atoms with Gasteiger partial charge in [0.2, 0.25) is 0 Å². The first kappa shape index (κ1) is 29.9. The number of rotatable bonds is 6. The maximum absolute atomic E-state index is 13.5. The molecule has 1 aromatic heterocycles. The van der Waals surface area contributed by atoms with Gasteiger partial charge in [-0.25, -0.2) is 13.2 Å². The summed E-state index contributed by atoms with van der Waals surface area (Å²) in [7, 11) is -2.99. The number of hydrogen-bond donors (Lipinski definition) is 4. The molecule has 4 rings (SSSR count). The molecule has 0 amide bonds. The molecule has 0 bridgehead atoms. The maximum atomic E-state index is 13.5. The molecule has 1 aromatic carbocycles. The van der Waals surface area contributed by atoms with Gasteiger partial charge in [-0.05, 0) is 82.1 Å². The van der Waals surface area contributed by atoms with E-state index in [1.165, 1.54) is 17.6 Å². The number of nitrogens with one attached hydrogen (secondary N) is 1. The number of aromatic nitrogens is 2. The van der Waals surface area contributed by atoms with Crippen molar-refractivity contribution in [3.63, 3.8) is 0 Å². The van der Waals surface area contributed by atoms with E-state index < -0.39 is 38.8 Å². The molecule has 1 saturated carbocycles. The first-order valence-electron chi connectivity index (χ1n) is 13.2. The minimum atomic E-state index is -4.51. The van der Waals surface area contributed by atoms with Gasteiger partial charge in [-0.15, -0.1) is 0 Å². The van der Waals surface area contributed by atoms with Gasteiger partial charge in [-0.2, -0.15) is 18.2 Å². The van der Waals surface area contributed by atoms with Crippen LogP contribution in [0.4, 0.5) is 24.8 Å². The molecule has 1 saturated heterocycles. The number of anilines is 2. The summed E-state index contributed by atoms with van der Waals surface area (Å²) >= 11 is 0. The molecule has 9 nitrogen and oxygen atoms in total. The summed E-state index contributed by atoms with van der Waals surface area (Å²) in [6, 6.07) is 2.95. The van der Waals surface area contributed by atoms with Crippen LogP contribution in [0.25, 0.3) is 6.08 Å². The van der Waals surface area contributed by atoms with Crippen LogP contribution in [0.3, 0.4) is 0 Å². The number of nitrogens with two attached hydrogens (primary N) is 3. The van der Waals surface area contributed by atoms with Crippen molar-refractivity contribution in [3.8, 4) is 0 Å². The van der Waals surface area contributed by atoms with Crippen LogP contribution in [-0.2, 0) is 16.0 Å². The minimum absolute atomic E-state index is 0.0603. The normalized spacial score (nSPS) is 20.8. The Morgan fingerprint density at radius 3 is 2.27 bits per heavy atom. The molecule has 1 atom stereocenters. The molecule has 7 N–H and O–H groups in total. The van der Waals surface area contributed by atoms with E-state index in [1.54, 1.807) is 32.9 Å². The smallest absolute Gasteiger partial charge is 0.401 e. The van der Waals surface area contributed by atoms with Gasteiger partial charge in [0.15, 0.2) is 9.84 Å². The van der Waals surface area contributed by atoms with Gasteiger partial charge >= 0.3 is 11.9 Å². The second-order valence-electron chi connectivity index (χ2n) is 11.7. The SMILES string of the molecule is Cc1c([C@@H](C)Nc2nc(=O)n(C(C)C)c(N)c2/C=C(\N)C2(N)CCC3(CC2)CS(=O)(=O)C3)cccc1C(F)(F)F. The fourth-order valence-electron chi connectivity index (χ4n) is 6.02. The van der Waals surface area contributed by atoms with Gasteiger partial charge in [0, 0.05) is 11.7 Å². The van der Waals surface area contributed by atoms with Crippen LogP contribution in [0, 0.1) is 12.3 Å². The van der Waals surface area contributed by atoms with Crippen molar-refractivity contribution in [2.24, 2.45) is 16.9 Å². The Kier molecular flexibility index (Phi) is 7.55. The molecule has 13 heteroatoms. The van der Waals surface area contributed by atoms with E-state index in [0.717, 1.165) is 6.07 Å². The van der Waals surface area contributed by atoms with Gasteiger partial charge in [0.1, 0.15) is 11.6 Å².